The summed E-state index contributed by atoms with van der Waals surface area (Å²) in [4.78, 5) is 26.5. The van der Waals surface area contributed by atoms with E-state index in [4.69, 9.17) is 4.74 Å². The molecule has 1 N–H and O–H groups in total. The van der Waals surface area contributed by atoms with Crippen molar-refractivity contribution in [1.82, 2.24) is 0 Å². The van der Waals surface area contributed by atoms with Crippen LogP contribution in [-0.4, -0.2) is 24.7 Å². The number of aryl methyl sites for hydroxylation is 1. The Balaban J connectivity index is 1.90. The maximum absolute atomic E-state index is 13.0. The lowest BCUT2D eigenvalue weighted by molar-refractivity contribution is -0.124. The van der Waals surface area contributed by atoms with E-state index in [-0.39, 0.29) is 11.8 Å². The summed E-state index contributed by atoms with van der Waals surface area (Å²) in [5.74, 6) is 1.11. The van der Waals surface area contributed by atoms with Gasteiger partial charge in [0, 0.05) is 29.1 Å². The Kier molecular flexibility index (Phi) is 3.72. The predicted molar refractivity (Wildman–Crippen MR) is 99.0 cm³/mol. The fourth-order valence-corrected chi connectivity index (χ4v) is 4.85. The van der Waals surface area contributed by atoms with E-state index in [0.29, 0.717) is 23.6 Å². The number of hydrogen-bond donors (Lipinski definition) is 1. The minimum Gasteiger partial charge on any atom is -0.497 e. The van der Waals surface area contributed by atoms with Gasteiger partial charge in [0.1, 0.15) is 5.75 Å². The summed E-state index contributed by atoms with van der Waals surface area (Å²) in [5, 5.41) is 2.95. The van der Waals surface area contributed by atoms with Gasteiger partial charge in [-0.25, -0.2) is 0 Å². The van der Waals surface area contributed by atoms with Gasteiger partial charge in [-0.15, -0.1) is 11.8 Å². The zero-order valence-electron chi connectivity index (χ0n) is 14.0. The minimum atomic E-state index is -1.05. The third-order valence-corrected chi connectivity index (χ3v) is 6.03. The molecule has 1 spiro atoms. The Morgan fingerprint density at radius 1 is 1.16 bits per heavy atom. The first-order valence-electron chi connectivity index (χ1n) is 8.10. The molecule has 0 bridgehead atoms. The van der Waals surface area contributed by atoms with E-state index < -0.39 is 4.87 Å². The molecule has 2 aliphatic rings. The van der Waals surface area contributed by atoms with E-state index in [0.717, 1.165) is 16.8 Å². The average Bonchev–Trinajstić information content (AvgIpc) is 2.88. The fourth-order valence-electron chi connectivity index (χ4n) is 3.44. The van der Waals surface area contributed by atoms with Crippen molar-refractivity contribution >= 4 is 35.0 Å². The van der Waals surface area contributed by atoms with Gasteiger partial charge in [0.25, 0.3) is 5.91 Å². The number of nitrogens with one attached hydrogen (secondary N) is 1. The molecule has 0 radical (unpaired) electrons. The number of carbonyl (C=O) groups is 2. The van der Waals surface area contributed by atoms with Crippen molar-refractivity contribution in [3.05, 3.63) is 53.6 Å². The quantitative estimate of drug-likeness (QED) is 0.899. The lowest BCUT2D eigenvalue weighted by Crippen LogP contribution is -2.54. The molecule has 0 aromatic heterocycles. The molecule has 2 aliphatic heterocycles. The number of thioether (sulfide) groups is 1. The fraction of sp³-hybridized carbons (Fsp3) is 0.263. The summed E-state index contributed by atoms with van der Waals surface area (Å²) in [6.07, 6.45) is 0.410. The Labute approximate surface area is 150 Å². The van der Waals surface area contributed by atoms with Crippen molar-refractivity contribution in [3.63, 3.8) is 0 Å². The number of ether oxygens (including phenoxy) is 1. The monoisotopic (exact) mass is 354 g/mol. The van der Waals surface area contributed by atoms with Crippen LogP contribution in [-0.2, 0) is 14.5 Å². The molecule has 1 saturated heterocycles. The number of rotatable bonds is 2. The molecule has 25 heavy (non-hydrogen) atoms. The van der Waals surface area contributed by atoms with Crippen molar-refractivity contribution < 1.29 is 14.3 Å². The molecule has 1 atom stereocenters. The van der Waals surface area contributed by atoms with Gasteiger partial charge in [-0.05, 0) is 37.3 Å². The molecular weight excluding hydrogens is 336 g/mol. The summed E-state index contributed by atoms with van der Waals surface area (Å²) in [7, 11) is 1.60. The van der Waals surface area contributed by atoms with E-state index in [1.165, 1.54) is 11.8 Å². The van der Waals surface area contributed by atoms with Crippen LogP contribution in [0.3, 0.4) is 0 Å². The predicted octanol–water partition coefficient (Wildman–Crippen LogP) is 3.28. The highest BCUT2D eigenvalue weighted by molar-refractivity contribution is 8.01. The first-order chi connectivity index (χ1) is 12.1. The number of carbonyl (C=O) groups excluding carboxylic acids is 2. The van der Waals surface area contributed by atoms with Crippen LogP contribution in [0.1, 0.15) is 17.5 Å². The van der Waals surface area contributed by atoms with Gasteiger partial charge < -0.3 is 10.1 Å². The number of fused-ring (bicyclic) bond motifs is 2. The summed E-state index contributed by atoms with van der Waals surface area (Å²) in [6, 6.07) is 13.1. The zero-order valence-corrected chi connectivity index (χ0v) is 14.9. The second-order valence-electron chi connectivity index (χ2n) is 6.17. The highest BCUT2D eigenvalue weighted by Gasteiger charge is 2.56. The number of benzene rings is 2. The number of methoxy groups -OCH3 is 1. The Morgan fingerprint density at radius 3 is 2.64 bits per heavy atom. The first kappa shape index (κ1) is 16.0. The molecule has 2 amide bonds. The van der Waals surface area contributed by atoms with Crippen molar-refractivity contribution in [3.8, 4) is 5.75 Å². The molecule has 0 unspecified atom stereocenters. The Morgan fingerprint density at radius 2 is 1.92 bits per heavy atom. The largest absolute Gasteiger partial charge is 0.497 e. The zero-order chi connectivity index (χ0) is 17.6. The SMILES string of the molecule is COc1ccc(N2C(=O)CCS[C@@]23C(=O)Nc2ccc(C)cc23)cc1. The number of anilines is 2. The van der Waals surface area contributed by atoms with E-state index in [1.54, 1.807) is 24.1 Å². The topological polar surface area (TPSA) is 58.6 Å². The summed E-state index contributed by atoms with van der Waals surface area (Å²) < 4.78 is 5.21. The van der Waals surface area contributed by atoms with Crippen LogP contribution in [0.5, 0.6) is 5.75 Å². The summed E-state index contributed by atoms with van der Waals surface area (Å²) in [6.45, 7) is 1.99. The van der Waals surface area contributed by atoms with Crippen LogP contribution in [0, 0.1) is 6.92 Å². The maximum atomic E-state index is 13.0. The standard InChI is InChI=1S/C19H18N2O3S/c1-12-3-8-16-15(11-12)19(18(23)20-16)21(17(22)9-10-25-19)13-4-6-14(24-2)7-5-13/h3-8,11H,9-10H2,1-2H3,(H,20,23)/t19-/m0/s1. The number of amides is 2. The van der Waals surface area contributed by atoms with Crippen LogP contribution in [0.15, 0.2) is 42.5 Å². The third kappa shape index (κ3) is 2.32. The van der Waals surface area contributed by atoms with Gasteiger partial charge in [-0.1, -0.05) is 17.7 Å². The Hall–Kier alpha value is -2.47. The molecule has 128 valence electrons. The smallest absolute Gasteiger partial charge is 0.266 e. The Bertz CT molecular complexity index is 865. The van der Waals surface area contributed by atoms with Gasteiger partial charge in [0.2, 0.25) is 10.8 Å². The van der Waals surface area contributed by atoms with Crippen molar-refractivity contribution in [1.29, 1.82) is 0 Å². The second-order valence-corrected chi connectivity index (χ2v) is 7.46. The lowest BCUT2D eigenvalue weighted by Gasteiger charge is -2.42. The molecule has 6 heteroatoms. The molecular formula is C19H18N2O3S. The summed E-state index contributed by atoms with van der Waals surface area (Å²) in [5.41, 5.74) is 3.38. The van der Waals surface area contributed by atoms with Crippen LogP contribution >= 0.6 is 11.8 Å². The molecule has 0 saturated carbocycles. The minimum absolute atomic E-state index is 0.0478. The van der Waals surface area contributed by atoms with E-state index in [2.05, 4.69) is 5.32 Å². The molecule has 1 fully saturated rings. The molecule has 5 nitrogen and oxygen atoms in total. The van der Waals surface area contributed by atoms with E-state index >= 15 is 0 Å². The van der Waals surface area contributed by atoms with Crippen molar-refractivity contribution in [2.75, 3.05) is 23.1 Å². The highest BCUT2D eigenvalue weighted by Crippen LogP contribution is 2.52. The van der Waals surface area contributed by atoms with E-state index in [1.807, 2.05) is 37.3 Å². The van der Waals surface area contributed by atoms with Gasteiger partial charge in [0.05, 0.1) is 7.11 Å². The maximum Gasteiger partial charge on any atom is 0.266 e. The normalized spacial score (nSPS) is 22.1. The number of hydrogen-bond acceptors (Lipinski definition) is 4. The van der Waals surface area contributed by atoms with Gasteiger partial charge in [-0.3, -0.25) is 14.5 Å². The van der Waals surface area contributed by atoms with Gasteiger partial charge >= 0.3 is 0 Å². The third-order valence-electron chi connectivity index (χ3n) is 4.62. The van der Waals surface area contributed by atoms with Gasteiger partial charge in [0.15, 0.2) is 0 Å². The first-order valence-corrected chi connectivity index (χ1v) is 9.08. The van der Waals surface area contributed by atoms with Gasteiger partial charge in [-0.2, -0.15) is 0 Å². The van der Waals surface area contributed by atoms with Crippen molar-refractivity contribution in [2.45, 2.75) is 18.2 Å². The summed E-state index contributed by atoms with van der Waals surface area (Å²) >= 11 is 1.51. The average molecular weight is 354 g/mol. The molecule has 2 aromatic carbocycles. The molecule has 4 rings (SSSR count). The van der Waals surface area contributed by atoms with Crippen molar-refractivity contribution in [2.24, 2.45) is 0 Å². The lowest BCUT2D eigenvalue weighted by atomic mass is 10.0. The highest BCUT2D eigenvalue weighted by atomic mass is 32.2. The van der Waals surface area contributed by atoms with E-state index in [9.17, 15) is 9.59 Å². The second kappa shape index (κ2) is 5.81. The van der Waals surface area contributed by atoms with Crippen LogP contribution in [0.25, 0.3) is 0 Å². The molecule has 2 aromatic rings. The van der Waals surface area contributed by atoms with Crippen LogP contribution in [0.4, 0.5) is 11.4 Å². The molecule has 0 aliphatic carbocycles. The number of nitrogens with zero attached hydrogens (tertiary/aromatic N) is 1. The molecule has 2 heterocycles. The van der Waals surface area contributed by atoms with Crippen LogP contribution in [0.2, 0.25) is 0 Å². The van der Waals surface area contributed by atoms with Crippen LogP contribution < -0.4 is 15.0 Å².